The number of alkyl halides is 5. The lowest BCUT2D eigenvalue weighted by Crippen LogP contribution is -2.22. The van der Waals surface area contributed by atoms with E-state index in [0.717, 1.165) is 12.1 Å². The summed E-state index contributed by atoms with van der Waals surface area (Å²) in [6.45, 7) is 1.87. The molecule has 10 heteroatoms. The first-order valence-corrected chi connectivity index (χ1v) is 9.93. The van der Waals surface area contributed by atoms with E-state index in [1.807, 2.05) is 6.92 Å². The Bertz CT molecular complexity index is 1130. The van der Waals surface area contributed by atoms with Gasteiger partial charge >= 0.3 is 12.3 Å². The fourth-order valence-electron chi connectivity index (χ4n) is 3.21. The summed E-state index contributed by atoms with van der Waals surface area (Å²) < 4.78 is 113. The molecule has 0 radical (unpaired) electrons. The third-order valence-electron chi connectivity index (χ3n) is 4.76. The predicted octanol–water partition coefficient (Wildman–Crippen LogP) is 8.52. The second-order valence-corrected chi connectivity index (χ2v) is 7.48. The summed E-state index contributed by atoms with van der Waals surface area (Å²) in [5.41, 5.74) is -1.98. The van der Waals surface area contributed by atoms with Crippen molar-refractivity contribution in [3.05, 3.63) is 87.7 Å². The van der Waals surface area contributed by atoms with Crippen molar-refractivity contribution in [2.24, 2.45) is 0 Å². The van der Waals surface area contributed by atoms with Crippen molar-refractivity contribution < 1.29 is 39.9 Å². The van der Waals surface area contributed by atoms with Crippen LogP contribution in [-0.2, 0) is 18.7 Å². The molecular formula is C23H15ClF8O. The second-order valence-electron chi connectivity index (χ2n) is 7.11. The number of ether oxygens (including phenoxy) is 1. The van der Waals surface area contributed by atoms with E-state index >= 15 is 0 Å². The molecule has 3 aromatic carbocycles. The summed E-state index contributed by atoms with van der Waals surface area (Å²) in [4.78, 5) is 0. The van der Waals surface area contributed by atoms with Gasteiger partial charge in [0.2, 0.25) is 0 Å². The van der Waals surface area contributed by atoms with E-state index in [9.17, 15) is 35.1 Å². The van der Waals surface area contributed by atoms with Crippen molar-refractivity contribution in [1.82, 2.24) is 0 Å². The maximum atomic E-state index is 14.5. The molecule has 0 heterocycles. The summed E-state index contributed by atoms with van der Waals surface area (Å²) in [6, 6.07) is 7.39. The Hall–Kier alpha value is -2.81. The highest BCUT2D eigenvalue weighted by Gasteiger charge is 2.40. The standard InChI is InChI=1S/C23H15ClF8O/c1-2-3-13-6-9-16(20(24)21(13)27)12-4-7-14(8-5-12)23(31,32)33-15-10-17(25)19(18(26)11-15)22(28,29)30/h4-11H,2-3H2,1H3. The summed E-state index contributed by atoms with van der Waals surface area (Å²) in [5.74, 6) is -5.93. The van der Waals surface area contributed by atoms with E-state index < -0.39 is 46.6 Å². The van der Waals surface area contributed by atoms with Gasteiger partial charge in [-0.3, -0.25) is 0 Å². The van der Waals surface area contributed by atoms with Gasteiger partial charge in [0.1, 0.15) is 28.8 Å². The maximum Gasteiger partial charge on any atom is 0.426 e. The smallest absolute Gasteiger partial charge is 0.426 e. The Labute approximate surface area is 188 Å². The molecule has 0 amide bonds. The molecule has 33 heavy (non-hydrogen) atoms. The lowest BCUT2D eigenvalue weighted by atomic mass is 10.00. The van der Waals surface area contributed by atoms with Gasteiger partial charge in [0, 0.05) is 17.7 Å². The highest BCUT2D eigenvalue weighted by molar-refractivity contribution is 6.33. The maximum absolute atomic E-state index is 14.5. The molecule has 176 valence electrons. The third-order valence-corrected chi connectivity index (χ3v) is 5.13. The molecule has 0 unspecified atom stereocenters. The molecule has 3 aromatic rings. The number of aryl methyl sites for hydroxylation is 1. The highest BCUT2D eigenvalue weighted by Crippen LogP contribution is 2.39. The van der Waals surface area contributed by atoms with Crippen LogP contribution in [0, 0.1) is 17.5 Å². The topological polar surface area (TPSA) is 9.23 Å². The van der Waals surface area contributed by atoms with E-state index in [1.54, 1.807) is 12.1 Å². The molecule has 0 fully saturated rings. The third kappa shape index (κ3) is 5.24. The van der Waals surface area contributed by atoms with Crippen LogP contribution >= 0.6 is 11.6 Å². The number of benzene rings is 3. The zero-order chi connectivity index (χ0) is 24.6. The first kappa shape index (κ1) is 24.8. The van der Waals surface area contributed by atoms with E-state index in [4.69, 9.17) is 11.6 Å². The van der Waals surface area contributed by atoms with Gasteiger partial charge in [0.15, 0.2) is 0 Å². The first-order valence-electron chi connectivity index (χ1n) is 9.56. The van der Waals surface area contributed by atoms with Crippen LogP contribution in [0.2, 0.25) is 5.02 Å². The van der Waals surface area contributed by atoms with Crippen LogP contribution in [0.15, 0.2) is 48.5 Å². The quantitative estimate of drug-likeness (QED) is 0.312. The number of halogens is 9. The van der Waals surface area contributed by atoms with Gasteiger partial charge in [0.25, 0.3) is 0 Å². The van der Waals surface area contributed by atoms with Crippen LogP contribution in [0.3, 0.4) is 0 Å². The number of hydrogen-bond donors (Lipinski definition) is 0. The minimum atomic E-state index is -5.35. The van der Waals surface area contributed by atoms with Gasteiger partial charge in [-0.1, -0.05) is 49.2 Å². The fraction of sp³-hybridized carbons (Fsp3) is 0.217. The molecule has 0 bridgehead atoms. The van der Waals surface area contributed by atoms with Gasteiger partial charge in [0.05, 0.1) is 10.6 Å². The fourth-order valence-corrected chi connectivity index (χ4v) is 3.50. The van der Waals surface area contributed by atoms with E-state index in [2.05, 4.69) is 4.74 Å². The van der Waals surface area contributed by atoms with Crippen LogP contribution in [-0.4, -0.2) is 0 Å². The molecule has 0 spiro atoms. The number of hydrogen-bond acceptors (Lipinski definition) is 1. The molecule has 0 saturated heterocycles. The summed E-state index contributed by atoms with van der Waals surface area (Å²) in [7, 11) is 0. The second kappa shape index (κ2) is 9.21. The minimum Gasteiger partial charge on any atom is -0.429 e. The minimum absolute atomic E-state index is 0.0224. The van der Waals surface area contributed by atoms with Crippen molar-refractivity contribution >= 4 is 11.6 Å². The van der Waals surface area contributed by atoms with Crippen molar-refractivity contribution in [1.29, 1.82) is 0 Å². The van der Waals surface area contributed by atoms with Gasteiger partial charge in [-0.2, -0.15) is 22.0 Å². The van der Waals surface area contributed by atoms with Crippen molar-refractivity contribution in [3.8, 4) is 16.9 Å². The Morgan fingerprint density at radius 3 is 1.94 bits per heavy atom. The average molecular weight is 495 g/mol. The predicted molar refractivity (Wildman–Crippen MR) is 107 cm³/mol. The monoisotopic (exact) mass is 494 g/mol. The Morgan fingerprint density at radius 1 is 0.848 bits per heavy atom. The molecule has 0 aromatic heterocycles. The first-order chi connectivity index (χ1) is 15.3. The zero-order valence-corrected chi connectivity index (χ0v) is 17.6. The largest absolute Gasteiger partial charge is 0.429 e. The van der Waals surface area contributed by atoms with E-state index in [1.165, 1.54) is 12.1 Å². The molecule has 3 rings (SSSR count). The van der Waals surface area contributed by atoms with E-state index in [-0.39, 0.29) is 22.7 Å². The Balaban J connectivity index is 1.87. The Kier molecular flexibility index (Phi) is 6.93. The van der Waals surface area contributed by atoms with Crippen molar-refractivity contribution in [3.63, 3.8) is 0 Å². The van der Waals surface area contributed by atoms with E-state index in [0.29, 0.717) is 24.0 Å². The average Bonchev–Trinajstić information content (AvgIpc) is 2.70. The number of rotatable bonds is 6. The summed E-state index contributed by atoms with van der Waals surface area (Å²) in [6.07, 6.45) is -8.32. The highest BCUT2D eigenvalue weighted by atomic mass is 35.5. The van der Waals surface area contributed by atoms with Crippen LogP contribution in [0.25, 0.3) is 11.1 Å². The van der Waals surface area contributed by atoms with Gasteiger partial charge < -0.3 is 4.74 Å². The lowest BCUT2D eigenvalue weighted by molar-refractivity contribution is -0.185. The van der Waals surface area contributed by atoms with Gasteiger partial charge in [-0.05, 0) is 29.7 Å². The zero-order valence-electron chi connectivity index (χ0n) is 16.8. The summed E-state index contributed by atoms with van der Waals surface area (Å²) >= 11 is 6.08. The summed E-state index contributed by atoms with van der Waals surface area (Å²) in [5, 5.41) is -0.174. The SMILES string of the molecule is CCCc1ccc(-c2ccc(C(F)(F)Oc3cc(F)c(C(F)(F)F)c(F)c3)cc2)c(Cl)c1F. The Morgan fingerprint density at radius 2 is 1.42 bits per heavy atom. The molecule has 0 aliphatic rings. The molecule has 0 aliphatic carbocycles. The molecule has 1 nitrogen and oxygen atoms in total. The van der Waals surface area contributed by atoms with Gasteiger partial charge in [-0.25, -0.2) is 13.2 Å². The molecule has 0 N–H and O–H groups in total. The molecule has 0 aliphatic heterocycles. The van der Waals surface area contributed by atoms with Crippen LogP contribution in [0.5, 0.6) is 5.75 Å². The normalized spacial score (nSPS) is 12.2. The van der Waals surface area contributed by atoms with Gasteiger partial charge in [-0.15, -0.1) is 0 Å². The van der Waals surface area contributed by atoms with Crippen molar-refractivity contribution in [2.45, 2.75) is 32.1 Å². The molecule has 0 saturated carbocycles. The molecule has 0 atom stereocenters. The van der Waals surface area contributed by atoms with Crippen LogP contribution in [0.4, 0.5) is 35.1 Å². The molecular weight excluding hydrogens is 480 g/mol. The van der Waals surface area contributed by atoms with Crippen LogP contribution in [0.1, 0.15) is 30.0 Å². The van der Waals surface area contributed by atoms with Crippen LogP contribution < -0.4 is 4.74 Å². The lowest BCUT2D eigenvalue weighted by Gasteiger charge is -2.20. The van der Waals surface area contributed by atoms with Crippen molar-refractivity contribution in [2.75, 3.05) is 0 Å².